The average molecular weight is 316 g/mol. The predicted molar refractivity (Wildman–Crippen MR) is 82.0 cm³/mol. The van der Waals surface area contributed by atoms with E-state index in [1.54, 1.807) is 0 Å². The molecule has 2 atom stereocenters. The molecule has 0 bridgehead atoms. The highest BCUT2D eigenvalue weighted by Crippen LogP contribution is 2.06. The summed E-state index contributed by atoms with van der Waals surface area (Å²) in [5.74, 6) is -1.26. The molecule has 0 aliphatic rings. The molecule has 2 unspecified atom stereocenters. The summed E-state index contributed by atoms with van der Waals surface area (Å²) >= 11 is 0. The zero-order valence-corrected chi connectivity index (χ0v) is 14.0. The lowest BCUT2D eigenvalue weighted by molar-refractivity contribution is -0.176. The molecule has 6 nitrogen and oxygen atoms in total. The summed E-state index contributed by atoms with van der Waals surface area (Å²) < 4.78 is 20.7. The van der Waals surface area contributed by atoms with Crippen molar-refractivity contribution >= 4 is 11.9 Å². The van der Waals surface area contributed by atoms with Crippen LogP contribution in [-0.2, 0) is 28.5 Å². The maximum absolute atomic E-state index is 11.6. The third-order valence-electron chi connectivity index (χ3n) is 2.60. The van der Waals surface area contributed by atoms with Crippen LogP contribution < -0.4 is 0 Å². The molecule has 0 aromatic carbocycles. The van der Waals surface area contributed by atoms with Crippen molar-refractivity contribution in [1.29, 1.82) is 0 Å². The molecule has 0 spiro atoms. The fourth-order valence-electron chi connectivity index (χ4n) is 1.67. The lowest BCUT2D eigenvalue weighted by Crippen LogP contribution is -2.22. The van der Waals surface area contributed by atoms with Crippen molar-refractivity contribution in [2.24, 2.45) is 0 Å². The first-order chi connectivity index (χ1) is 10.6. The van der Waals surface area contributed by atoms with Crippen molar-refractivity contribution in [3.63, 3.8) is 0 Å². The Balaban J connectivity index is 4.30. The Labute approximate surface area is 132 Å². The minimum absolute atomic E-state index is 0.455. The van der Waals surface area contributed by atoms with Crippen molar-refractivity contribution in [2.45, 2.75) is 66.0 Å². The Bertz CT molecular complexity index is 296. The van der Waals surface area contributed by atoms with Crippen molar-refractivity contribution in [2.75, 3.05) is 13.2 Å². The summed E-state index contributed by atoms with van der Waals surface area (Å²) in [6.45, 7) is 8.49. The zero-order chi connectivity index (χ0) is 16.8. The molecule has 0 N–H and O–H groups in total. The Hall–Kier alpha value is -1.40. The van der Waals surface area contributed by atoms with Crippen LogP contribution in [0.5, 0.6) is 0 Å². The van der Waals surface area contributed by atoms with Gasteiger partial charge >= 0.3 is 11.9 Å². The van der Waals surface area contributed by atoms with Gasteiger partial charge in [-0.2, -0.15) is 0 Å². The summed E-state index contributed by atoms with van der Waals surface area (Å²) in [5, 5.41) is 0. The number of carbonyl (C=O) groups excluding carboxylic acids is 2. The SMILES string of the molecule is CCCC(OCC)OC(=O)/C=C\C(=O)OC(CCC)OCC. The maximum Gasteiger partial charge on any atom is 0.333 e. The van der Waals surface area contributed by atoms with Crippen molar-refractivity contribution in [3.8, 4) is 0 Å². The van der Waals surface area contributed by atoms with Crippen LogP contribution >= 0.6 is 0 Å². The van der Waals surface area contributed by atoms with E-state index < -0.39 is 24.5 Å². The van der Waals surface area contributed by atoms with Gasteiger partial charge in [0, 0.05) is 38.2 Å². The fraction of sp³-hybridized carbons (Fsp3) is 0.750. The molecule has 0 aliphatic carbocycles. The van der Waals surface area contributed by atoms with E-state index in [-0.39, 0.29) is 0 Å². The number of hydrogen-bond donors (Lipinski definition) is 0. The maximum atomic E-state index is 11.6. The molecule has 0 heterocycles. The molecule has 0 fully saturated rings. The van der Waals surface area contributed by atoms with Crippen LogP contribution in [0.15, 0.2) is 12.2 Å². The lowest BCUT2D eigenvalue weighted by Gasteiger charge is -2.16. The predicted octanol–water partition coefficient (Wildman–Crippen LogP) is 2.95. The summed E-state index contributed by atoms with van der Waals surface area (Å²) in [5.41, 5.74) is 0. The Morgan fingerprint density at radius 3 is 1.41 bits per heavy atom. The van der Waals surface area contributed by atoms with Crippen molar-refractivity contribution in [3.05, 3.63) is 12.2 Å². The Kier molecular flexibility index (Phi) is 12.4. The van der Waals surface area contributed by atoms with E-state index in [4.69, 9.17) is 18.9 Å². The van der Waals surface area contributed by atoms with Crippen LogP contribution in [0, 0.1) is 0 Å². The van der Waals surface area contributed by atoms with Gasteiger partial charge in [0.1, 0.15) is 0 Å². The largest absolute Gasteiger partial charge is 0.433 e. The molecule has 0 amide bonds. The van der Waals surface area contributed by atoms with E-state index in [1.165, 1.54) is 0 Å². The van der Waals surface area contributed by atoms with Crippen LogP contribution in [0.4, 0.5) is 0 Å². The fourth-order valence-corrected chi connectivity index (χ4v) is 1.67. The molecule has 128 valence electrons. The second-order valence-electron chi connectivity index (χ2n) is 4.55. The topological polar surface area (TPSA) is 71.1 Å². The Morgan fingerprint density at radius 2 is 1.14 bits per heavy atom. The van der Waals surface area contributed by atoms with Gasteiger partial charge in [-0.1, -0.05) is 26.7 Å². The zero-order valence-electron chi connectivity index (χ0n) is 14.0. The minimum Gasteiger partial charge on any atom is -0.433 e. The summed E-state index contributed by atoms with van der Waals surface area (Å²) in [7, 11) is 0. The molecular weight excluding hydrogens is 288 g/mol. The first kappa shape index (κ1) is 20.6. The molecule has 0 aliphatic heterocycles. The Morgan fingerprint density at radius 1 is 0.773 bits per heavy atom. The molecule has 0 aromatic heterocycles. The van der Waals surface area contributed by atoms with Crippen LogP contribution in [-0.4, -0.2) is 37.7 Å². The van der Waals surface area contributed by atoms with E-state index >= 15 is 0 Å². The van der Waals surface area contributed by atoms with E-state index in [2.05, 4.69) is 0 Å². The van der Waals surface area contributed by atoms with Gasteiger partial charge in [0.15, 0.2) is 0 Å². The number of esters is 2. The molecule has 0 rings (SSSR count). The van der Waals surface area contributed by atoms with E-state index in [9.17, 15) is 9.59 Å². The van der Waals surface area contributed by atoms with Gasteiger partial charge < -0.3 is 18.9 Å². The normalized spacial score (nSPS) is 13.8. The lowest BCUT2D eigenvalue weighted by atomic mass is 10.3. The molecule has 0 saturated heterocycles. The number of carbonyl (C=O) groups is 2. The molecule has 6 heteroatoms. The molecule has 0 aromatic rings. The van der Waals surface area contributed by atoms with Gasteiger partial charge in [0.05, 0.1) is 0 Å². The van der Waals surface area contributed by atoms with Crippen LogP contribution in [0.2, 0.25) is 0 Å². The van der Waals surface area contributed by atoms with Crippen molar-refractivity contribution in [1.82, 2.24) is 0 Å². The number of ether oxygens (including phenoxy) is 4. The minimum atomic E-state index is -0.632. The van der Waals surface area contributed by atoms with Crippen LogP contribution in [0.25, 0.3) is 0 Å². The van der Waals surface area contributed by atoms with E-state index in [0.29, 0.717) is 26.1 Å². The second kappa shape index (κ2) is 13.3. The highest BCUT2D eigenvalue weighted by atomic mass is 16.7. The summed E-state index contributed by atoms with van der Waals surface area (Å²) in [4.78, 5) is 23.2. The smallest absolute Gasteiger partial charge is 0.333 e. The third kappa shape index (κ3) is 10.3. The standard InChI is InChI=1S/C16H28O6/c1-5-9-15(19-7-3)21-13(17)11-12-14(18)22-16(10-6-2)20-8-4/h11-12,15-16H,5-10H2,1-4H3/b12-11-. The quantitative estimate of drug-likeness (QED) is 0.313. The monoisotopic (exact) mass is 316 g/mol. The molecular formula is C16H28O6. The van der Waals surface area contributed by atoms with Crippen LogP contribution in [0.3, 0.4) is 0 Å². The molecule has 0 radical (unpaired) electrons. The van der Waals surface area contributed by atoms with Gasteiger partial charge in [-0.05, 0) is 13.8 Å². The van der Waals surface area contributed by atoms with Gasteiger partial charge in [-0.25, -0.2) is 9.59 Å². The average Bonchev–Trinajstić information content (AvgIpc) is 2.46. The van der Waals surface area contributed by atoms with Gasteiger partial charge in [-0.15, -0.1) is 0 Å². The highest BCUT2D eigenvalue weighted by Gasteiger charge is 2.14. The van der Waals surface area contributed by atoms with Crippen LogP contribution in [0.1, 0.15) is 53.4 Å². The molecule has 22 heavy (non-hydrogen) atoms. The molecule has 0 saturated carbocycles. The first-order valence-corrected chi connectivity index (χ1v) is 7.89. The number of rotatable bonds is 12. The summed E-state index contributed by atoms with van der Waals surface area (Å²) in [6.07, 6.45) is 3.80. The van der Waals surface area contributed by atoms with Gasteiger partial charge in [0.2, 0.25) is 12.6 Å². The van der Waals surface area contributed by atoms with Gasteiger partial charge in [0.25, 0.3) is 0 Å². The number of hydrogen-bond acceptors (Lipinski definition) is 6. The highest BCUT2D eigenvalue weighted by molar-refractivity contribution is 5.91. The first-order valence-electron chi connectivity index (χ1n) is 7.89. The van der Waals surface area contributed by atoms with Crippen molar-refractivity contribution < 1.29 is 28.5 Å². The second-order valence-corrected chi connectivity index (χ2v) is 4.55. The van der Waals surface area contributed by atoms with Gasteiger partial charge in [-0.3, -0.25) is 0 Å². The van der Waals surface area contributed by atoms with E-state index in [1.807, 2.05) is 27.7 Å². The third-order valence-corrected chi connectivity index (χ3v) is 2.60. The van der Waals surface area contributed by atoms with E-state index in [0.717, 1.165) is 25.0 Å². The summed E-state index contributed by atoms with van der Waals surface area (Å²) in [6, 6.07) is 0.